The van der Waals surface area contributed by atoms with Crippen molar-refractivity contribution >= 4 is 11.9 Å². The highest BCUT2D eigenvalue weighted by Crippen LogP contribution is 2.06. The van der Waals surface area contributed by atoms with Gasteiger partial charge < -0.3 is 10.4 Å². The number of aryl methyl sites for hydroxylation is 1. The van der Waals surface area contributed by atoms with E-state index in [9.17, 15) is 14.4 Å². The van der Waals surface area contributed by atoms with Crippen molar-refractivity contribution in [1.82, 2.24) is 15.1 Å². The third-order valence-electron chi connectivity index (χ3n) is 2.85. The van der Waals surface area contributed by atoms with Gasteiger partial charge in [-0.25, -0.2) is 9.48 Å². The molecule has 116 valence electrons. The molecule has 1 aromatic heterocycles. The Hall–Kier alpha value is -2.18. The maximum absolute atomic E-state index is 12.1. The molecule has 0 aliphatic rings. The van der Waals surface area contributed by atoms with Crippen LogP contribution in [0.3, 0.4) is 0 Å². The first-order chi connectivity index (χ1) is 9.85. The maximum Gasteiger partial charge on any atom is 0.326 e. The number of hydrogen-bond donors (Lipinski definition) is 2. The molecule has 1 aromatic rings. The van der Waals surface area contributed by atoms with Crippen LogP contribution in [-0.2, 0) is 11.3 Å². The first kappa shape index (κ1) is 16.9. The minimum atomic E-state index is -1.08. The summed E-state index contributed by atoms with van der Waals surface area (Å²) in [7, 11) is 0. The Labute approximate surface area is 123 Å². The molecule has 0 saturated heterocycles. The number of carboxylic acid groups (broad SMARTS) is 1. The highest BCUT2D eigenvalue weighted by Gasteiger charge is 2.22. The van der Waals surface area contributed by atoms with E-state index in [0.717, 1.165) is 0 Å². The Morgan fingerprint density at radius 1 is 1.38 bits per heavy atom. The number of nitrogens with zero attached hydrogens (tertiary/aromatic N) is 2. The second-order valence-corrected chi connectivity index (χ2v) is 5.27. The number of aliphatic carboxylic acids is 1. The fourth-order valence-corrected chi connectivity index (χ4v) is 1.87. The van der Waals surface area contributed by atoms with Crippen LogP contribution in [0.5, 0.6) is 0 Å². The third kappa shape index (κ3) is 5.02. The van der Waals surface area contributed by atoms with E-state index < -0.39 is 17.9 Å². The normalized spacial score (nSPS) is 12.2. The van der Waals surface area contributed by atoms with Crippen molar-refractivity contribution in [2.75, 3.05) is 0 Å². The molecule has 0 aromatic carbocycles. The minimum Gasteiger partial charge on any atom is -0.480 e. The van der Waals surface area contributed by atoms with Gasteiger partial charge in [-0.1, -0.05) is 20.8 Å². The van der Waals surface area contributed by atoms with Gasteiger partial charge in [0.2, 0.25) is 0 Å². The highest BCUT2D eigenvalue weighted by atomic mass is 16.4. The average Bonchev–Trinajstić information content (AvgIpc) is 2.40. The van der Waals surface area contributed by atoms with Gasteiger partial charge in [0.05, 0.1) is 0 Å². The Balaban J connectivity index is 2.89. The summed E-state index contributed by atoms with van der Waals surface area (Å²) < 4.78 is 1.20. The molecule has 2 N–H and O–H groups in total. The maximum atomic E-state index is 12.1. The monoisotopic (exact) mass is 295 g/mol. The van der Waals surface area contributed by atoms with Crippen molar-refractivity contribution in [2.24, 2.45) is 5.92 Å². The van der Waals surface area contributed by atoms with Gasteiger partial charge in [-0.05, 0) is 24.8 Å². The largest absolute Gasteiger partial charge is 0.480 e. The van der Waals surface area contributed by atoms with E-state index in [1.54, 1.807) is 0 Å². The minimum absolute atomic E-state index is 0.0399. The van der Waals surface area contributed by atoms with E-state index in [1.165, 1.54) is 16.8 Å². The SMILES string of the molecule is CCCn1nc(C(=O)N[C@H](CC(C)C)C(=O)O)ccc1=O. The van der Waals surface area contributed by atoms with Gasteiger partial charge in [-0.2, -0.15) is 5.10 Å². The Morgan fingerprint density at radius 3 is 2.57 bits per heavy atom. The highest BCUT2D eigenvalue weighted by molar-refractivity contribution is 5.94. The Bertz CT molecular complexity index is 566. The molecule has 1 amide bonds. The number of carbonyl (C=O) groups is 2. The lowest BCUT2D eigenvalue weighted by Crippen LogP contribution is -2.42. The molecule has 7 heteroatoms. The summed E-state index contributed by atoms with van der Waals surface area (Å²) in [6.45, 7) is 6.06. The van der Waals surface area contributed by atoms with Gasteiger partial charge in [-0.3, -0.25) is 9.59 Å². The Morgan fingerprint density at radius 2 is 2.05 bits per heavy atom. The predicted octanol–water partition coefficient (Wildman–Crippen LogP) is 0.882. The average molecular weight is 295 g/mol. The number of aromatic nitrogens is 2. The second-order valence-electron chi connectivity index (χ2n) is 5.27. The van der Waals surface area contributed by atoms with E-state index in [-0.39, 0.29) is 17.2 Å². The first-order valence-electron chi connectivity index (χ1n) is 6.97. The topological polar surface area (TPSA) is 101 Å². The molecule has 0 radical (unpaired) electrons. The van der Waals surface area contributed by atoms with Crippen LogP contribution in [0.25, 0.3) is 0 Å². The molecule has 1 heterocycles. The van der Waals surface area contributed by atoms with Crippen molar-refractivity contribution in [3.63, 3.8) is 0 Å². The van der Waals surface area contributed by atoms with E-state index >= 15 is 0 Å². The molecule has 0 saturated carbocycles. The van der Waals surface area contributed by atoms with Crippen LogP contribution >= 0.6 is 0 Å². The van der Waals surface area contributed by atoms with Gasteiger partial charge in [0.15, 0.2) is 0 Å². The zero-order valence-electron chi connectivity index (χ0n) is 12.5. The molecule has 0 bridgehead atoms. The van der Waals surface area contributed by atoms with Crippen molar-refractivity contribution in [3.05, 3.63) is 28.2 Å². The van der Waals surface area contributed by atoms with Gasteiger partial charge in [0.1, 0.15) is 11.7 Å². The molecule has 7 nitrogen and oxygen atoms in total. The second kappa shape index (κ2) is 7.56. The van der Waals surface area contributed by atoms with Crippen LogP contribution in [0.2, 0.25) is 0 Å². The number of carbonyl (C=O) groups excluding carboxylic acids is 1. The van der Waals surface area contributed by atoms with Crippen molar-refractivity contribution in [3.8, 4) is 0 Å². The molecule has 1 atom stereocenters. The molecule has 21 heavy (non-hydrogen) atoms. The lowest BCUT2D eigenvalue weighted by Gasteiger charge is -2.16. The van der Waals surface area contributed by atoms with Gasteiger partial charge in [0.25, 0.3) is 11.5 Å². The summed E-state index contributed by atoms with van der Waals surface area (Å²) >= 11 is 0. The Kier molecular flexibility index (Phi) is 6.08. The molecule has 0 spiro atoms. The van der Waals surface area contributed by atoms with Crippen molar-refractivity contribution in [2.45, 2.75) is 46.2 Å². The van der Waals surface area contributed by atoms with Crippen LogP contribution < -0.4 is 10.9 Å². The molecule has 1 rings (SSSR count). The van der Waals surface area contributed by atoms with Gasteiger partial charge >= 0.3 is 5.97 Å². The lowest BCUT2D eigenvalue weighted by molar-refractivity contribution is -0.139. The smallest absolute Gasteiger partial charge is 0.326 e. The number of carboxylic acids is 1. The fourth-order valence-electron chi connectivity index (χ4n) is 1.87. The summed E-state index contributed by atoms with van der Waals surface area (Å²) in [6.07, 6.45) is 1.04. The zero-order chi connectivity index (χ0) is 16.0. The number of hydrogen-bond acceptors (Lipinski definition) is 4. The molecule has 0 fully saturated rings. The van der Waals surface area contributed by atoms with Crippen LogP contribution in [0.1, 0.15) is 44.1 Å². The van der Waals surface area contributed by atoms with Crippen molar-refractivity contribution < 1.29 is 14.7 Å². The number of amides is 1. The van der Waals surface area contributed by atoms with Crippen LogP contribution in [-0.4, -0.2) is 32.8 Å². The first-order valence-corrected chi connectivity index (χ1v) is 6.97. The van der Waals surface area contributed by atoms with Crippen LogP contribution in [0, 0.1) is 5.92 Å². The summed E-state index contributed by atoms with van der Waals surface area (Å²) in [5.41, 5.74) is -0.247. The van der Waals surface area contributed by atoms with E-state index in [2.05, 4.69) is 10.4 Å². The van der Waals surface area contributed by atoms with Crippen LogP contribution in [0.4, 0.5) is 0 Å². The standard InChI is InChI=1S/C14H21N3O4/c1-4-7-17-12(18)6-5-10(16-17)13(19)15-11(14(20)21)8-9(2)3/h5-6,9,11H,4,7-8H2,1-3H3,(H,15,19)(H,20,21)/t11-/m1/s1. The molecular weight excluding hydrogens is 274 g/mol. The lowest BCUT2D eigenvalue weighted by atomic mass is 10.0. The summed E-state index contributed by atoms with van der Waals surface area (Å²) in [5.74, 6) is -1.54. The van der Waals surface area contributed by atoms with Gasteiger partial charge in [-0.15, -0.1) is 0 Å². The van der Waals surface area contributed by atoms with Crippen LogP contribution in [0.15, 0.2) is 16.9 Å². The quantitative estimate of drug-likeness (QED) is 0.777. The number of nitrogens with one attached hydrogen (secondary N) is 1. The van der Waals surface area contributed by atoms with Gasteiger partial charge in [0, 0.05) is 12.6 Å². The summed E-state index contributed by atoms with van der Waals surface area (Å²) in [4.78, 5) is 34.7. The summed E-state index contributed by atoms with van der Waals surface area (Å²) in [6, 6.07) is 1.60. The summed E-state index contributed by atoms with van der Waals surface area (Å²) in [5, 5.41) is 15.5. The van der Waals surface area contributed by atoms with E-state index in [4.69, 9.17) is 5.11 Å². The molecular formula is C14H21N3O4. The molecule has 0 aliphatic heterocycles. The van der Waals surface area contributed by atoms with E-state index in [1.807, 2.05) is 20.8 Å². The van der Waals surface area contributed by atoms with Crippen molar-refractivity contribution in [1.29, 1.82) is 0 Å². The zero-order valence-corrected chi connectivity index (χ0v) is 12.5. The molecule has 0 aliphatic carbocycles. The van der Waals surface area contributed by atoms with E-state index in [0.29, 0.717) is 19.4 Å². The number of rotatable bonds is 7. The fraction of sp³-hybridized carbons (Fsp3) is 0.571. The predicted molar refractivity (Wildman–Crippen MR) is 77.1 cm³/mol. The molecule has 0 unspecified atom stereocenters. The third-order valence-corrected chi connectivity index (χ3v) is 2.85.